The quantitative estimate of drug-likeness (QED) is 0.638. The SMILES string of the molecule is CSc1nnc(C(C)C)n1/N=C\c1cccc(Cl)c1. The van der Waals surface area contributed by atoms with Crippen molar-refractivity contribution in [1.29, 1.82) is 0 Å². The normalized spacial score (nSPS) is 11.6. The Bertz CT molecular complexity index is 592. The molecule has 1 heterocycles. The Morgan fingerprint density at radius 1 is 1.37 bits per heavy atom. The van der Waals surface area contributed by atoms with E-state index in [0.717, 1.165) is 16.5 Å². The van der Waals surface area contributed by atoms with E-state index in [1.165, 1.54) is 11.8 Å². The molecule has 0 unspecified atom stereocenters. The lowest BCUT2D eigenvalue weighted by atomic mass is 10.2. The topological polar surface area (TPSA) is 43.1 Å². The molecule has 0 saturated carbocycles. The minimum absolute atomic E-state index is 0.268. The molecule has 0 radical (unpaired) electrons. The summed E-state index contributed by atoms with van der Waals surface area (Å²) in [5.41, 5.74) is 0.947. The van der Waals surface area contributed by atoms with Crippen LogP contribution in [0.3, 0.4) is 0 Å². The first-order valence-corrected chi connectivity index (χ1v) is 7.51. The van der Waals surface area contributed by atoms with Gasteiger partial charge in [-0.3, -0.25) is 0 Å². The van der Waals surface area contributed by atoms with E-state index in [1.54, 1.807) is 10.9 Å². The van der Waals surface area contributed by atoms with Gasteiger partial charge < -0.3 is 0 Å². The van der Waals surface area contributed by atoms with Crippen LogP contribution >= 0.6 is 23.4 Å². The number of nitrogens with zero attached hydrogens (tertiary/aromatic N) is 4. The number of hydrogen-bond donors (Lipinski definition) is 0. The number of rotatable bonds is 4. The van der Waals surface area contributed by atoms with E-state index in [9.17, 15) is 0 Å². The molecule has 0 bridgehead atoms. The average molecular weight is 295 g/mol. The van der Waals surface area contributed by atoms with Gasteiger partial charge in [-0.15, -0.1) is 10.2 Å². The number of thioether (sulfide) groups is 1. The fourth-order valence-electron chi connectivity index (χ4n) is 1.58. The lowest BCUT2D eigenvalue weighted by molar-refractivity contribution is 0.668. The van der Waals surface area contributed by atoms with Crippen molar-refractivity contribution in [2.24, 2.45) is 5.10 Å². The van der Waals surface area contributed by atoms with E-state index >= 15 is 0 Å². The third-order valence-electron chi connectivity index (χ3n) is 2.51. The first-order valence-electron chi connectivity index (χ1n) is 5.91. The molecule has 4 nitrogen and oxygen atoms in total. The summed E-state index contributed by atoms with van der Waals surface area (Å²) in [5.74, 6) is 1.12. The van der Waals surface area contributed by atoms with Crippen LogP contribution in [-0.2, 0) is 0 Å². The van der Waals surface area contributed by atoms with Crippen LogP contribution in [0.2, 0.25) is 5.02 Å². The molecule has 0 atom stereocenters. The summed E-state index contributed by atoms with van der Waals surface area (Å²) in [4.78, 5) is 0. The van der Waals surface area contributed by atoms with Gasteiger partial charge in [0.25, 0.3) is 0 Å². The van der Waals surface area contributed by atoms with Gasteiger partial charge in [0.15, 0.2) is 5.82 Å². The van der Waals surface area contributed by atoms with Crippen molar-refractivity contribution in [3.05, 3.63) is 40.7 Å². The molecule has 2 aromatic rings. The smallest absolute Gasteiger partial charge is 0.191 e. The number of aromatic nitrogens is 3. The molecular weight excluding hydrogens is 280 g/mol. The highest BCUT2D eigenvalue weighted by atomic mass is 35.5. The molecule has 19 heavy (non-hydrogen) atoms. The molecule has 6 heteroatoms. The van der Waals surface area contributed by atoms with E-state index in [2.05, 4.69) is 29.1 Å². The molecule has 0 aliphatic rings. The maximum absolute atomic E-state index is 5.95. The van der Waals surface area contributed by atoms with Crippen LogP contribution in [0.5, 0.6) is 0 Å². The van der Waals surface area contributed by atoms with E-state index in [1.807, 2.05) is 30.5 Å². The van der Waals surface area contributed by atoms with Gasteiger partial charge in [-0.25, -0.2) is 0 Å². The summed E-state index contributed by atoms with van der Waals surface area (Å²) in [7, 11) is 0. The monoisotopic (exact) mass is 294 g/mol. The molecule has 1 aromatic heterocycles. The van der Waals surface area contributed by atoms with Crippen molar-refractivity contribution in [1.82, 2.24) is 14.9 Å². The van der Waals surface area contributed by atoms with Crippen molar-refractivity contribution < 1.29 is 0 Å². The third-order valence-corrected chi connectivity index (χ3v) is 3.36. The highest BCUT2D eigenvalue weighted by Crippen LogP contribution is 2.19. The Morgan fingerprint density at radius 2 is 2.16 bits per heavy atom. The Balaban J connectivity index is 2.34. The van der Waals surface area contributed by atoms with Crippen LogP contribution in [0.4, 0.5) is 0 Å². The molecule has 0 saturated heterocycles. The van der Waals surface area contributed by atoms with E-state index in [0.29, 0.717) is 5.02 Å². The lowest BCUT2D eigenvalue weighted by Crippen LogP contribution is -2.01. The van der Waals surface area contributed by atoms with Crippen molar-refractivity contribution in [3.8, 4) is 0 Å². The Kier molecular flexibility index (Phi) is 4.61. The van der Waals surface area contributed by atoms with Crippen LogP contribution in [0.1, 0.15) is 31.2 Å². The number of hydrogen-bond acceptors (Lipinski definition) is 4. The summed E-state index contributed by atoms with van der Waals surface area (Å²) in [6, 6.07) is 7.55. The van der Waals surface area contributed by atoms with Crippen molar-refractivity contribution >= 4 is 29.6 Å². The van der Waals surface area contributed by atoms with Gasteiger partial charge in [0, 0.05) is 10.9 Å². The second-order valence-corrected chi connectivity index (χ2v) is 5.52. The largest absolute Gasteiger partial charge is 0.211 e. The minimum atomic E-state index is 0.268. The Labute approximate surface area is 121 Å². The summed E-state index contributed by atoms with van der Waals surface area (Å²) in [6.45, 7) is 4.14. The Morgan fingerprint density at radius 3 is 2.79 bits per heavy atom. The Hall–Kier alpha value is -1.33. The van der Waals surface area contributed by atoms with Crippen molar-refractivity contribution in [2.45, 2.75) is 24.9 Å². The van der Waals surface area contributed by atoms with Crippen molar-refractivity contribution in [2.75, 3.05) is 6.26 Å². The minimum Gasteiger partial charge on any atom is -0.191 e. The van der Waals surface area contributed by atoms with Crippen LogP contribution in [-0.4, -0.2) is 27.3 Å². The molecular formula is C13H15ClN4S. The fourth-order valence-corrected chi connectivity index (χ4v) is 2.22. The zero-order chi connectivity index (χ0) is 13.8. The molecule has 0 aliphatic carbocycles. The molecule has 0 fully saturated rings. The van der Waals surface area contributed by atoms with Gasteiger partial charge in [-0.1, -0.05) is 49.3 Å². The second-order valence-electron chi connectivity index (χ2n) is 4.31. The number of benzene rings is 1. The molecule has 0 amide bonds. The first-order chi connectivity index (χ1) is 9.11. The number of halogens is 1. The summed E-state index contributed by atoms with van der Waals surface area (Å²) in [6.07, 6.45) is 3.72. The maximum Gasteiger partial charge on any atom is 0.211 e. The summed E-state index contributed by atoms with van der Waals surface area (Å²) >= 11 is 7.47. The first kappa shape index (κ1) is 14.1. The molecule has 2 rings (SSSR count). The van der Waals surface area contributed by atoms with E-state index in [4.69, 9.17) is 11.6 Å². The zero-order valence-corrected chi connectivity index (χ0v) is 12.6. The van der Waals surface area contributed by atoms with Gasteiger partial charge in [0.1, 0.15) is 0 Å². The predicted octanol–water partition coefficient (Wildman–Crippen LogP) is 3.66. The highest BCUT2D eigenvalue weighted by molar-refractivity contribution is 7.98. The zero-order valence-electron chi connectivity index (χ0n) is 11.0. The van der Waals surface area contributed by atoms with Gasteiger partial charge in [-0.2, -0.15) is 9.78 Å². The van der Waals surface area contributed by atoms with Crippen LogP contribution in [0, 0.1) is 0 Å². The summed E-state index contributed by atoms with van der Waals surface area (Å²) in [5, 5.41) is 14.2. The van der Waals surface area contributed by atoms with Gasteiger partial charge >= 0.3 is 0 Å². The molecule has 0 N–H and O–H groups in total. The van der Waals surface area contributed by atoms with Gasteiger partial charge in [0.2, 0.25) is 5.16 Å². The van der Waals surface area contributed by atoms with Crippen LogP contribution in [0.25, 0.3) is 0 Å². The standard InChI is InChI=1S/C13H15ClN4S/c1-9(2)12-16-17-13(19-3)18(12)15-8-10-5-4-6-11(14)7-10/h4-9H,1-3H3/b15-8-. The molecule has 1 aromatic carbocycles. The lowest BCUT2D eigenvalue weighted by Gasteiger charge is -2.05. The van der Waals surface area contributed by atoms with E-state index in [-0.39, 0.29) is 5.92 Å². The van der Waals surface area contributed by atoms with E-state index < -0.39 is 0 Å². The molecule has 100 valence electrons. The van der Waals surface area contributed by atoms with Gasteiger partial charge in [-0.05, 0) is 24.0 Å². The average Bonchev–Trinajstić information content (AvgIpc) is 2.79. The fraction of sp³-hybridized carbons (Fsp3) is 0.308. The maximum atomic E-state index is 5.95. The van der Waals surface area contributed by atoms with Crippen molar-refractivity contribution in [3.63, 3.8) is 0 Å². The highest BCUT2D eigenvalue weighted by Gasteiger charge is 2.13. The predicted molar refractivity (Wildman–Crippen MR) is 80.3 cm³/mol. The third kappa shape index (κ3) is 3.36. The summed E-state index contributed by atoms with van der Waals surface area (Å²) < 4.78 is 1.77. The molecule has 0 aliphatic heterocycles. The van der Waals surface area contributed by atoms with Crippen LogP contribution in [0.15, 0.2) is 34.5 Å². The molecule has 0 spiro atoms. The van der Waals surface area contributed by atoms with Gasteiger partial charge in [0.05, 0.1) is 6.21 Å². The second kappa shape index (κ2) is 6.21. The van der Waals surface area contributed by atoms with Crippen LogP contribution < -0.4 is 0 Å².